The Morgan fingerprint density at radius 2 is 2.11 bits per heavy atom. The van der Waals surface area contributed by atoms with E-state index in [4.69, 9.17) is 30.7 Å². The monoisotopic (exact) mass is 642 g/mol. The first-order chi connectivity index (χ1) is 22.2. The third-order valence-corrected chi connectivity index (χ3v) is 9.66. The zero-order valence-corrected chi connectivity index (χ0v) is 26.3. The van der Waals surface area contributed by atoms with E-state index in [9.17, 15) is 14.4 Å². The van der Waals surface area contributed by atoms with Gasteiger partial charge in [0.05, 0.1) is 52.4 Å². The second kappa shape index (κ2) is 11.9. The Bertz CT molecular complexity index is 2050. The second-order valence-corrected chi connectivity index (χ2v) is 12.4. The lowest BCUT2D eigenvalue weighted by atomic mass is 9.95. The van der Waals surface area contributed by atoms with Crippen LogP contribution >= 0.6 is 11.6 Å². The average molecular weight is 643 g/mol. The number of hydrogen-bond donors (Lipinski definition) is 1. The van der Waals surface area contributed by atoms with Crippen molar-refractivity contribution in [2.24, 2.45) is 0 Å². The molecule has 13 heteroatoms. The number of nitrogens with zero attached hydrogens (tertiary/aromatic N) is 7. The fourth-order valence-corrected chi connectivity index (χ4v) is 7.03. The number of piperazine rings is 1. The number of nitrogens with one attached hydrogen (secondary N) is 1. The molecule has 46 heavy (non-hydrogen) atoms. The third kappa shape index (κ3) is 5.09. The van der Waals surface area contributed by atoms with Crippen LogP contribution in [0.15, 0.2) is 47.5 Å². The molecule has 1 amide bonds. The first-order valence-corrected chi connectivity index (χ1v) is 15.6. The van der Waals surface area contributed by atoms with Crippen LogP contribution in [0, 0.1) is 18.3 Å². The van der Waals surface area contributed by atoms with E-state index in [2.05, 4.69) is 34.8 Å². The van der Waals surface area contributed by atoms with Crippen molar-refractivity contribution >= 4 is 56.1 Å². The van der Waals surface area contributed by atoms with Gasteiger partial charge in [0.2, 0.25) is 0 Å². The summed E-state index contributed by atoms with van der Waals surface area (Å²) in [7, 11) is 2.08. The first kappa shape index (κ1) is 30.0. The van der Waals surface area contributed by atoms with E-state index < -0.39 is 17.8 Å². The van der Waals surface area contributed by atoms with E-state index in [1.165, 1.54) is 4.90 Å². The average Bonchev–Trinajstić information content (AvgIpc) is 3.81. The molecule has 2 fully saturated rings. The van der Waals surface area contributed by atoms with Gasteiger partial charge in [-0.25, -0.2) is 4.39 Å². The number of H-pyrrole nitrogens is 1. The Balaban J connectivity index is 1.40. The molecule has 236 valence electrons. The molecular formula is C33H32ClFN8O3. The van der Waals surface area contributed by atoms with Gasteiger partial charge in [-0.15, -0.1) is 0 Å². The van der Waals surface area contributed by atoms with Crippen LogP contribution in [0.5, 0.6) is 6.01 Å². The summed E-state index contributed by atoms with van der Waals surface area (Å²) in [6.45, 7) is 7.32. The van der Waals surface area contributed by atoms with Gasteiger partial charge >= 0.3 is 6.01 Å². The minimum atomic E-state index is -1.05. The minimum absolute atomic E-state index is 0.0166. The number of carbonyl (C=O) groups excluding carboxylic acids is 1. The quantitative estimate of drug-likeness (QED) is 0.220. The minimum Gasteiger partial charge on any atom is -0.463 e. The molecular weight excluding hydrogens is 611 g/mol. The predicted octanol–water partition coefficient (Wildman–Crippen LogP) is 5.77. The van der Waals surface area contributed by atoms with E-state index in [0.717, 1.165) is 52.4 Å². The van der Waals surface area contributed by atoms with E-state index in [1.807, 2.05) is 30.0 Å². The topological polar surface area (TPSA) is 127 Å². The van der Waals surface area contributed by atoms with Crippen LogP contribution in [0.1, 0.15) is 24.8 Å². The molecule has 2 aliphatic heterocycles. The van der Waals surface area contributed by atoms with Gasteiger partial charge in [0.15, 0.2) is 5.83 Å². The van der Waals surface area contributed by atoms with Crippen molar-refractivity contribution in [2.45, 2.75) is 38.3 Å². The highest BCUT2D eigenvalue weighted by molar-refractivity contribution is 6.36. The summed E-state index contributed by atoms with van der Waals surface area (Å²) in [6.07, 6.45) is 5.51. The number of ether oxygens (including phenoxy) is 1. The Labute approximate surface area is 269 Å². The number of nitriles is 1. The SMILES string of the molecule is C=C(F)C(=O)N1CCN(c2nc(OC[C@@H]3CCCN3C)nc3cc(-c4c(Cl)c(C)cc5[nH]ncc45)c4ccoc4c23)C[C@@H]1CC#N. The molecule has 11 nitrogen and oxygen atoms in total. The standard InChI is InChI=1S/C33H32ClFN8O3/c1-18-13-25-24(15-37-40-25)27(29(18)34)23-14-26-28(30-22(23)7-12-45-30)31(39-33(38-26)46-17-21-5-4-9-41(21)3)42-10-11-43(32(44)19(2)35)20(16-42)6-8-36/h7,12-15,20-21H,2,4-6,9-11,16-17H2,1,3H3,(H,37,40)/t20-,21-/m0/s1. The van der Waals surface area contributed by atoms with Gasteiger partial charge in [-0.2, -0.15) is 20.3 Å². The number of carbonyl (C=O) groups is 1. The maximum atomic E-state index is 13.9. The van der Waals surface area contributed by atoms with Crippen LogP contribution in [0.4, 0.5) is 10.2 Å². The van der Waals surface area contributed by atoms with Crippen molar-refractivity contribution in [3.63, 3.8) is 0 Å². The van der Waals surface area contributed by atoms with Crippen LogP contribution < -0.4 is 9.64 Å². The highest BCUT2D eigenvalue weighted by atomic mass is 35.5. The Kier molecular flexibility index (Phi) is 7.74. The fourth-order valence-electron chi connectivity index (χ4n) is 6.77. The number of likely N-dealkylation sites (N-methyl/N-ethyl adjacent to an activating group) is 1. The third-order valence-electron chi connectivity index (χ3n) is 9.17. The van der Waals surface area contributed by atoms with Crippen LogP contribution in [0.3, 0.4) is 0 Å². The van der Waals surface area contributed by atoms with Gasteiger partial charge in [-0.05, 0) is 62.7 Å². The molecule has 0 radical (unpaired) electrons. The van der Waals surface area contributed by atoms with E-state index in [0.29, 0.717) is 40.5 Å². The fraction of sp³-hybridized carbons (Fsp3) is 0.364. The number of aromatic nitrogens is 4. The Hall–Kier alpha value is -4.73. The maximum absolute atomic E-state index is 13.9. The lowest BCUT2D eigenvalue weighted by Gasteiger charge is -2.41. The molecule has 0 aliphatic carbocycles. The molecule has 1 N–H and O–H groups in total. The van der Waals surface area contributed by atoms with Crippen molar-refractivity contribution in [1.29, 1.82) is 5.26 Å². The molecule has 0 spiro atoms. The summed E-state index contributed by atoms with van der Waals surface area (Å²) in [4.78, 5) is 28.0. The van der Waals surface area contributed by atoms with Gasteiger partial charge in [-0.3, -0.25) is 9.89 Å². The Morgan fingerprint density at radius 3 is 2.87 bits per heavy atom. The molecule has 7 rings (SSSR count). The van der Waals surface area contributed by atoms with Crippen molar-refractivity contribution in [2.75, 3.05) is 44.7 Å². The highest BCUT2D eigenvalue weighted by Crippen LogP contribution is 2.44. The van der Waals surface area contributed by atoms with Gasteiger partial charge in [-0.1, -0.05) is 18.2 Å². The number of fused-ring (bicyclic) bond motifs is 4. The van der Waals surface area contributed by atoms with Gasteiger partial charge in [0.25, 0.3) is 5.91 Å². The smallest absolute Gasteiger partial charge is 0.319 e. The molecule has 2 saturated heterocycles. The predicted molar refractivity (Wildman–Crippen MR) is 173 cm³/mol. The molecule has 0 unspecified atom stereocenters. The number of anilines is 1. The van der Waals surface area contributed by atoms with Crippen LogP contribution in [0.2, 0.25) is 5.02 Å². The van der Waals surface area contributed by atoms with Crippen LogP contribution in [-0.2, 0) is 4.79 Å². The molecule has 3 aromatic heterocycles. The lowest BCUT2D eigenvalue weighted by Crippen LogP contribution is -2.55. The van der Waals surface area contributed by atoms with Crippen molar-refractivity contribution in [3.8, 4) is 23.2 Å². The van der Waals surface area contributed by atoms with Crippen molar-refractivity contribution < 1.29 is 18.3 Å². The van der Waals surface area contributed by atoms with Crippen molar-refractivity contribution in [3.05, 3.63) is 53.7 Å². The summed E-state index contributed by atoms with van der Waals surface area (Å²) < 4.78 is 26.3. The number of halogens is 2. The number of likely N-dealkylation sites (tertiary alicyclic amines) is 1. The maximum Gasteiger partial charge on any atom is 0.319 e. The normalized spacial score (nSPS) is 18.9. The molecule has 2 aromatic carbocycles. The van der Waals surface area contributed by atoms with Crippen molar-refractivity contribution in [1.82, 2.24) is 30.0 Å². The summed E-state index contributed by atoms with van der Waals surface area (Å²) in [5.41, 5.74) is 4.52. The molecule has 2 aliphatic rings. The summed E-state index contributed by atoms with van der Waals surface area (Å²) in [5, 5.41) is 19.8. The number of aromatic amines is 1. The number of amides is 1. The molecule has 5 aromatic rings. The Morgan fingerprint density at radius 1 is 1.26 bits per heavy atom. The van der Waals surface area contributed by atoms with E-state index in [1.54, 1.807) is 12.5 Å². The summed E-state index contributed by atoms with van der Waals surface area (Å²) >= 11 is 6.98. The summed E-state index contributed by atoms with van der Waals surface area (Å²) in [6, 6.07) is 7.84. The van der Waals surface area contributed by atoms with Crippen LogP contribution in [0.25, 0.3) is 43.9 Å². The largest absolute Gasteiger partial charge is 0.463 e. The number of benzene rings is 2. The number of rotatable bonds is 7. The second-order valence-electron chi connectivity index (χ2n) is 12.0. The number of aryl methyl sites for hydroxylation is 1. The first-order valence-electron chi connectivity index (χ1n) is 15.2. The molecule has 2 atom stereocenters. The molecule has 5 heterocycles. The van der Waals surface area contributed by atoms with E-state index >= 15 is 0 Å². The zero-order chi connectivity index (χ0) is 32.1. The molecule has 0 saturated carbocycles. The van der Waals surface area contributed by atoms with Gasteiger partial charge in [0, 0.05) is 42.0 Å². The molecule has 0 bridgehead atoms. The summed E-state index contributed by atoms with van der Waals surface area (Å²) in [5.74, 6) is -1.32. The van der Waals surface area contributed by atoms with Crippen LogP contribution in [-0.4, -0.2) is 87.8 Å². The van der Waals surface area contributed by atoms with Gasteiger partial charge in [0.1, 0.15) is 18.0 Å². The number of furan rings is 1. The number of hydrogen-bond acceptors (Lipinski definition) is 9. The zero-order valence-electron chi connectivity index (χ0n) is 25.5. The van der Waals surface area contributed by atoms with Gasteiger partial charge < -0.3 is 23.9 Å². The lowest BCUT2D eigenvalue weighted by molar-refractivity contribution is -0.131. The van der Waals surface area contributed by atoms with E-state index in [-0.39, 0.29) is 31.6 Å². The highest BCUT2D eigenvalue weighted by Gasteiger charge is 2.34.